The third kappa shape index (κ3) is 8.93. The van der Waals surface area contributed by atoms with Gasteiger partial charge < -0.3 is 19.6 Å². The zero-order valence-electron chi connectivity index (χ0n) is 57.5. The van der Waals surface area contributed by atoms with Crippen LogP contribution < -0.4 is 36.0 Å². The molecule has 5 heteroatoms. The van der Waals surface area contributed by atoms with Crippen LogP contribution in [-0.4, -0.2) is 17.8 Å². The Kier molecular flexibility index (Phi) is 13.2. The molecule has 4 aliphatic heterocycles. The first-order valence-electron chi connectivity index (χ1n) is 34.0. The first kappa shape index (κ1) is 59.6. The molecule has 0 saturated heterocycles. The molecule has 4 heterocycles. The van der Waals surface area contributed by atoms with Gasteiger partial charge in [-0.3, -0.25) is 0 Å². The fourth-order valence-corrected chi connectivity index (χ4v) is 17.6. The van der Waals surface area contributed by atoms with Crippen LogP contribution in [0.3, 0.4) is 0 Å². The maximum absolute atomic E-state index is 2.86. The Balaban J connectivity index is 1.13. The van der Waals surface area contributed by atoms with Crippen LogP contribution in [-0.2, 0) is 37.9 Å². The van der Waals surface area contributed by atoms with Gasteiger partial charge in [-0.05, 0) is 200 Å². The van der Waals surface area contributed by atoms with E-state index in [-0.39, 0.29) is 55.7 Å². The third-order valence-corrected chi connectivity index (χ3v) is 23.5. The van der Waals surface area contributed by atoms with Crippen LogP contribution in [0.2, 0.25) is 0 Å². The van der Waals surface area contributed by atoms with Gasteiger partial charge in [-0.2, -0.15) is 0 Å². The lowest BCUT2D eigenvalue weighted by molar-refractivity contribution is 0.195. The van der Waals surface area contributed by atoms with Gasteiger partial charge in [-0.15, -0.1) is 0 Å². The number of benzene rings is 8. The fourth-order valence-electron chi connectivity index (χ4n) is 17.6. The second-order valence-corrected chi connectivity index (χ2v) is 34.2. The molecule has 2 fully saturated rings. The third-order valence-electron chi connectivity index (χ3n) is 23.5. The Morgan fingerprint density at radius 2 is 0.787 bits per heavy atom. The highest BCUT2D eigenvalue weighted by atomic mass is 15.3. The zero-order chi connectivity index (χ0) is 63.1. The highest BCUT2D eigenvalue weighted by Crippen LogP contribution is 2.64. The molecule has 2 saturated carbocycles. The van der Waals surface area contributed by atoms with Crippen LogP contribution in [0.15, 0.2) is 158 Å². The minimum atomic E-state index is -0.188. The molecule has 4 nitrogen and oxygen atoms in total. The van der Waals surface area contributed by atoms with E-state index in [1.54, 1.807) is 0 Å². The van der Waals surface area contributed by atoms with Crippen LogP contribution in [0.1, 0.15) is 222 Å². The van der Waals surface area contributed by atoms with E-state index in [9.17, 15) is 0 Å². The summed E-state index contributed by atoms with van der Waals surface area (Å²) >= 11 is 0. The molecule has 8 aromatic rings. The summed E-state index contributed by atoms with van der Waals surface area (Å²) in [6, 6.07) is 64.1. The predicted octanol–water partition coefficient (Wildman–Crippen LogP) is 21.4. The molecule has 4 atom stereocenters. The van der Waals surface area contributed by atoms with Gasteiger partial charge in [0.15, 0.2) is 0 Å². The van der Waals surface area contributed by atoms with Crippen molar-refractivity contribution in [2.45, 2.75) is 232 Å². The largest absolute Gasteiger partial charge is 0.334 e. The van der Waals surface area contributed by atoms with Crippen molar-refractivity contribution in [2.75, 3.05) is 19.6 Å². The molecule has 0 N–H and O–H groups in total. The Hall–Kier alpha value is -6.98. The van der Waals surface area contributed by atoms with E-state index < -0.39 is 0 Å². The van der Waals surface area contributed by atoms with Gasteiger partial charge in [0.1, 0.15) is 0 Å². The SMILES string of the molecule is CC(C)(C)c1cccc(N2c3cc(C(C)(C)C)ccc3B3c4cc(N5c6ccc(C(C)(C)C)cc6C6(C)CCCCC56C)ccc4N(c4ccc(C(C)(C)C)cc4-c4ccccc4)c4cc(N5c6ccc(C(C)(C)C)cc6C6(C)CCCCC56C)cc2c43)c1. The number of hydrogen-bond donors (Lipinski definition) is 0. The maximum Gasteiger partial charge on any atom is 0.252 e. The molecular weight excluding hydrogens is 1080 g/mol. The van der Waals surface area contributed by atoms with E-state index >= 15 is 0 Å². The lowest BCUT2D eigenvalue weighted by atomic mass is 9.33. The Morgan fingerprint density at radius 1 is 0.326 bits per heavy atom. The zero-order valence-corrected chi connectivity index (χ0v) is 57.5. The smallest absolute Gasteiger partial charge is 0.252 e. The van der Waals surface area contributed by atoms with Crippen LogP contribution in [0.5, 0.6) is 0 Å². The number of fused-ring (bicyclic) bond motifs is 10. The van der Waals surface area contributed by atoms with Gasteiger partial charge in [0.05, 0.1) is 16.8 Å². The first-order valence-corrected chi connectivity index (χ1v) is 34.0. The van der Waals surface area contributed by atoms with Crippen molar-refractivity contribution in [1.29, 1.82) is 0 Å². The minimum absolute atomic E-state index is 0.0181. The van der Waals surface area contributed by atoms with Gasteiger partial charge in [-0.1, -0.05) is 228 Å². The summed E-state index contributed by atoms with van der Waals surface area (Å²) in [6.45, 7) is 46.0. The molecule has 4 unspecified atom stereocenters. The average Bonchev–Trinajstić information content (AvgIpc) is 1.69. The monoisotopic (exact) mass is 1170 g/mol. The van der Waals surface area contributed by atoms with Gasteiger partial charge in [-0.25, -0.2) is 0 Å². The van der Waals surface area contributed by atoms with Crippen LogP contribution in [0.25, 0.3) is 11.1 Å². The molecule has 0 aromatic heterocycles. The van der Waals surface area contributed by atoms with Gasteiger partial charge in [0, 0.05) is 67.6 Å². The van der Waals surface area contributed by atoms with Gasteiger partial charge in [0.2, 0.25) is 0 Å². The second kappa shape index (κ2) is 19.8. The maximum atomic E-state index is 2.86. The molecule has 0 bridgehead atoms. The van der Waals surface area contributed by atoms with E-state index in [4.69, 9.17) is 0 Å². The fraction of sp³-hybridized carbons (Fsp3) is 0.429. The number of rotatable bonds is 5. The summed E-state index contributed by atoms with van der Waals surface area (Å²) in [6.07, 6.45) is 9.52. The van der Waals surface area contributed by atoms with Crippen molar-refractivity contribution < 1.29 is 0 Å². The lowest BCUT2D eigenvalue weighted by Crippen LogP contribution is -2.62. The Labute approximate surface area is 536 Å². The van der Waals surface area contributed by atoms with Gasteiger partial charge >= 0.3 is 0 Å². The summed E-state index contributed by atoms with van der Waals surface area (Å²) in [5.74, 6) is 0. The van der Waals surface area contributed by atoms with E-state index in [2.05, 4.69) is 309 Å². The highest BCUT2D eigenvalue weighted by Gasteiger charge is 2.60. The summed E-state index contributed by atoms with van der Waals surface area (Å²) in [5.41, 5.74) is 28.5. The molecule has 458 valence electrons. The summed E-state index contributed by atoms with van der Waals surface area (Å²) in [4.78, 5) is 11.2. The predicted molar refractivity (Wildman–Crippen MR) is 385 cm³/mol. The van der Waals surface area contributed by atoms with E-state index in [0.29, 0.717) is 0 Å². The van der Waals surface area contributed by atoms with Crippen molar-refractivity contribution in [3.8, 4) is 11.1 Å². The van der Waals surface area contributed by atoms with Crippen molar-refractivity contribution in [3.63, 3.8) is 0 Å². The molecule has 0 radical (unpaired) electrons. The Bertz CT molecular complexity index is 4170. The van der Waals surface area contributed by atoms with Crippen LogP contribution in [0, 0.1) is 0 Å². The summed E-state index contributed by atoms with van der Waals surface area (Å²) < 4.78 is 0. The lowest BCUT2D eigenvalue weighted by Gasteiger charge is -2.51. The standard InChI is InChI=1S/C84H99BN4/c1-76(2,3)55-30-27-31-60(46-55)86-72-50-59(80(13,14)15)32-37-66(72)85-67-51-61(88-69-39-34-57(78(7,8)9)48-64(69)81(16)42-23-25-44-83(81,88)18)36-41-71(67)87(68-38-33-56(77(4,5)6)47-63(68)54-28-21-20-22-29-54)74-53-62(52-73(86)75(74)85)89-70-40-35-58(79(10,11)12)49-65(70)82(17)43-24-26-45-84(82,89)19/h20-22,27-41,46-53H,23-26,42-45H2,1-19H3. The summed E-state index contributed by atoms with van der Waals surface area (Å²) in [5, 5.41) is 0. The van der Waals surface area contributed by atoms with Crippen LogP contribution in [0.4, 0.5) is 56.9 Å². The molecule has 0 amide bonds. The molecular formula is C84H99BN4. The molecule has 8 aromatic carbocycles. The second-order valence-electron chi connectivity index (χ2n) is 34.2. The van der Waals surface area contributed by atoms with Crippen molar-refractivity contribution in [2.24, 2.45) is 0 Å². The average molecular weight is 1180 g/mol. The topological polar surface area (TPSA) is 13.0 Å². The molecule has 0 spiro atoms. The van der Waals surface area contributed by atoms with Crippen LogP contribution >= 0.6 is 0 Å². The normalized spacial score (nSPS) is 22.9. The van der Waals surface area contributed by atoms with Gasteiger partial charge in [0.25, 0.3) is 6.71 Å². The van der Waals surface area contributed by atoms with Crippen molar-refractivity contribution in [1.82, 2.24) is 0 Å². The number of nitrogens with zero attached hydrogens (tertiary/aromatic N) is 4. The molecule has 89 heavy (non-hydrogen) atoms. The van der Waals surface area contributed by atoms with E-state index in [1.807, 2.05) is 0 Å². The van der Waals surface area contributed by atoms with Crippen molar-refractivity contribution in [3.05, 3.63) is 197 Å². The number of hydrogen-bond acceptors (Lipinski definition) is 4. The highest BCUT2D eigenvalue weighted by molar-refractivity contribution is 7.00. The minimum Gasteiger partial charge on any atom is -0.334 e. The number of anilines is 10. The van der Waals surface area contributed by atoms with E-state index in [0.717, 1.165) is 19.3 Å². The summed E-state index contributed by atoms with van der Waals surface area (Å²) in [7, 11) is 0. The first-order chi connectivity index (χ1) is 41.8. The quantitative estimate of drug-likeness (QED) is 0.159. The van der Waals surface area contributed by atoms with Crippen molar-refractivity contribution >= 4 is 80.0 Å². The van der Waals surface area contributed by atoms with E-state index in [1.165, 1.54) is 155 Å². The molecule has 2 aliphatic carbocycles. The molecule has 6 aliphatic rings. The molecule has 14 rings (SSSR count). The Morgan fingerprint density at radius 3 is 1.34 bits per heavy atom.